The van der Waals surface area contributed by atoms with Crippen molar-refractivity contribution in [3.8, 4) is 5.69 Å². The molecule has 1 N–H and O–H groups in total. The first-order chi connectivity index (χ1) is 13.6. The van der Waals surface area contributed by atoms with E-state index >= 15 is 0 Å². The number of carbonyl (C=O) groups excluding carboxylic acids is 1. The lowest BCUT2D eigenvalue weighted by atomic mass is 10.3. The standard InChI is InChI=1S/C21H23N5OS/c1-4-5-11-25-14(2)12-19(24-25)22-20(27)18-13-17-15(3)23-26(21(17)28-18)16-9-7-6-8-10-16/h6-10,12-13H,4-5,11H2,1-3H3,(H,22,24,27). The van der Waals surface area contributed by atoms with E-state index < -0.39 is 0 Å². The first-order valence-electron chi connectivity index (χ1n) is 9.47. The van der Waals surface area contributed by atoms with Gasteiger partial charge in [-0.25, -0.2) is 4.68 Å². The van der Waals surface area contributed by atoms with Gasteiger partial charge in [0.15, 0.2) is 5.82 Å². The molecular weight excluding hydrogens is 370 g/mol. The average Bonchev–Trinajstić information content (AvgIpc) is 3.36. The Kier molecular flexibility index (Phi) is 5.00. The number of amides is 1. The predicted octanol–water partition coefficient (Wildman–Crippen LogP) is 4.95. The normalized spacial score (nSPS) is 11.2. The molecule has 4 rings (SSSR count). The second-order valence-corrected chi connectivity index (χ2v) is 7.89. The van der Waals surface area contributed by atoms with Gasteiger partial charge in [-0.2, -0.15) is 10.2 Å². The second-order valence-electron chi connectivity index (χ2n) is 6.86. The van der Waals surface area contributed by atoms with Crippen LogP contribution >= 0.6 is 11.3 Å². The highest BCUT2D eigenvalue weighted by Gasteiger charge is 2.18. The van der Waals surface area contributed by atoms with Crippen LogP contribution in [0.1, 0.15) is 40.8 Å². The monoisotopic (exact) mass is 393 g/mol. The van der Waals surface area contributed by atoms with Crippen LogP contribution in [-0.2, 0) is 6.54 Å². The van der Waals surface area contributed by atoms with Crippen LogP contribution < -0.4 is 5.32 Å². The molecule has 7 heteroatoms. The minimum Gasteiger partial charge on any atom is -0.304 e. The number of benzene rings is 1. The molecule has 144 valence electrons. The highest BCUT2D eigenvalue weighted by atomic mass is 32.1. The van der Waals surface area contributed by atoms with Crippen LogP contribution in [0.25, 0.3) is 15.9 Å². The summed E-state index contributed by atoms with van der Waals surface area (Å²) in [7, 11) is 0. The van der Waals surface area contributed by atoms with Crippen LogP contribution in [0, 0.1) is 13.8 Å². The van der Waals surface area contributed by atoms with Crippen LogP contribution in [0.3, 0.4) is 0 Å². The zero-order valence-corrected chi connectivity index (χ0v) is 17.1. The zero-order valence-electron chi connectivity index (χ0n) is 16.3. The van der Waals surface area contributed by atoms with Gasteiger partial charge in [-0.05, 0) is 38.5 Å². The highest BCUT2D eigenvalue weighted by molar-refractivity contribution is 7.20. The molecule has 3 heterocycles. The maximum Gasteiger partial charge on any atom is 0.267 e. The van der Waals surface area contributed by atoms with Gasteiger partial charge in [0.25, 0.3) is 5.91 Å². The summed E-state index contributed by atoms with van der Waals surface area (Å²) < 4.78 is 3.84. The van der Waals surface area contributed by atoms with Crippen LogP contribution in [0.2, 0.25) is 0 Å². The van der Waals surface area contributed by atoms with Gasteiger partial charge in [-0.3, -0.25) is 9.48 Å². The SMILES string of the molecule is CCCCn1nc(NC(=O)c2cc3c(C)nn(-c4ccccc4)c3s2)cc1C. The molecule has 4 aromatic rings. The number of unbranched alkanes of at least 4 members (excludes halogenated alkanes) is 1. The van der Waals surface area contributed by atoms with Crippen molar-refractivity contribution in [3.63, 3.8) is 0 Å². The van der Waals surface area contributed by atoms with Crippen molar-refractivity contribution in [1.29, 1.82) is 0 Å². The Labute approximate surface area is 167 Å². The number of rotatable bonds is 6. The summed E-state index contributed by atoms with van der Waals surface area (Å²) in [5.41, 5.74) is 2.95. The van der Waals surface area contributed by atoms with Gasteiger partial charge in [-0.1, -0.05) is 31.5 Å². The number of anilines is 1. The minimum atomic E-state index is -0.139. The third-order valence-corrected chi connectivity index (χ3v) is 5.82. The lowest BCUT2D eigenvalue weighted by molar-refractivity contribution is 0.103. The van der Waals surface area contributed by atoms with E-state index in [-0.39, 0.29) is 5.91 Å². The molecule has 3 aromatic heterocycles. The van der Waals surface area contributed by atoms with E-state index in [4.69, 9.17) is 0 Å². The average molecular weight is 394 g/mol. The van der Waals surface area contributed by atoms with Crippen molar-refractivity contribution in [2.24, 2.45) is 0 Å². The van der Waals surface area contributed by atoms with Gasteiger partial charge in [0.2, 0.25) is 0 Å². The van der Waals surface area contributed by atoms with E-state index in [0.717, 1.165) is 46.7 Å². The van der Waals surface area contributed by atoms with Gasteiger partial charge in [0.1, 0.15) is 4.83 Å². The summed E-state index contributed by atoms with van der Waals surface area (Å²) in [4.78, 5) is 14.4. The third-order valence-electron chi connectivity index (χ3n) is 4.72. The van der Waals surface area contributed by atoms with Crippen LogP contribution in [-0.4, -0.2) is 25.5 Å². The van der Waals surface area contributed by atoms with Crippen molar-refractivity contribution in [1.82, 2.24) is 19.6 Å². The Morgan fingerprint density at radius 3 is 2.68 bits per heavy atom. The molecule has 0 saturated carbocycles. The largest absolute Gasteiger partial charge is 0.304 e. The van der Waals surface area contributed by atoms with Crippen LogP contribution in [0.15, 0.2) is 42.5 Å². The van der Waals surface area contributed by atoms with Gasteiger partial charge >= 0.3 is 0 Å². The smallest absolute Gasteiger partial charge is 0.267 e. The van der Waals surface area contributed by atoms with E-state index in [1.807, 2.05) is 65.7 Å². The Balaban J connectivity index is 1.60. The first kappa shape index (κ1) is 18.4. The van der Waals surface area contributed by atoms with E-state index in [9.17, 15) is 4.79 Å². The minimum absolute atomic E-state index is 0.139. The molecule has 0 aliphatic heterocycles. The summed E-state index contributed by atoms with van der Waals surface area (Å²) in [6.45, 7) is 7.00. The highest BCUT2D eigenvalue weighted by Crippen LogP contribution is 2.30. The number of hydrogen-bond acceptors (Lipinski definition) is 4. The molecule has 28 heavy (non-hydrogen) atoms. The number of carbonyl (C=O) groups is 1. The maximum absolute atomic E-state index is 12.8. The predicted molar refractivity (Wildman–Crippen MR) is 114 cm³/mol. The first-order valence-corrected chi connectivity index (χ1v) is 10.3. The third kappa shape index (κ3) is 3.45. The van der Waals surface area contributed by atoms with E-state index in [0.29, 0.717) is 10.7 Å². The van der Waals surface area contributed by atoms with Gasteiger partial charge in [0, 0.05) is 23.7 Å². The number of aromatic nitrogens is 4. The molecule has 0 bridgehead atoms. The van der Waals surface area contributed by atoms with Crippen molar-refractivity contribution >= 4 is 33.3 Å². The number of nitrogens with zero attached hydrogens (tertiary/aromatic N) is 4. The van der Waals surface area contributed by atoms with Crippen molar-refractivity contribution < 1.29 is 4.79 Å². The van der Waals surface area contributed by atoms with Gasteiger partial charge in [0.05, 0.1) is 16.3 Å². The number of fused-ring (bicyclic) bond motifs is 1. The van der Waals surface area contributed by atoms with E-state index in [1.165, 1.54) is 11.3 Å². The number of para-hydroxylation sites is 1. The van der Waals surface area contributed by atoms with Crippen LogP contribution in [0.5, 0.6) is 0 Å². The molecule has 0 aliphatic carbocycles. The summed E-state index contributed by atoms with van der Waals surface area (Å²) >= 11 is 1.45. The molecular formula is C21H23N5OS. The zero-order chi connectivity index (χ0) is 19.7. The summed E-state index contributed by atoms with van der Waals surface area (Å²) in [6.07, 6.45) is 2.18. The summed E-state index contributed by atoms with van der Waals surface area (Å²) in [6, 6.07) is 13.8. The van der Waals surface area contributed by atoms with E-state index in [2.05, 4.69) is 22.4 Å². The van der Waals surface area contributed by atoms with Crippen molar-refractivity contribution in [3.05, 3.63) is 58.7 Å². The molecule has 1 aromatic carbocycles. The lowest BCUT2D eigenvalue weighted by Crippen LogP contribution is -2.11. The van der Waals surface area contributed by atoms with Crippen molar-refractivity contribution in [2.45, 2.75) is 40.2 Å². The topological polar surface area (TPSA) is 64.7 Å². The molecule has 0 fully saturated rings. The number of nitrogens with one attached hydrogen (secondary N) is 1. The molecule has 0 aliphatic rings. The number of hydrogen-bond donors (Lipinski definition) is 1. The number of aryl methyl sites for hydroxylation is 3. The summed E-state index contributed by atoms with van der Waals surface area (Å²) in [5, 5.41) is 13.1. The fourth-order valence-electron chi connectivity index (χ4n) is 3.19. The Hall–Kier alpha value is -2.93. The van der Waals surface area contributed by atoms with Gasteiger partial charge < -0.3 is 5.32 Å². The van der Waals surface area contributed by atoms with E-state index in [1.54, 1.807) is 0 Å². The lowest BCUT2D eigenvalue weighted by Gasteiger charge is -2.02. The molecule has 0 spiro atoms. The van der Waals surface area contributed by atoms with Crippen molar-refractivity contribution in [2.75, 3.05) is 5.32 Å². The number of thiophene rings is 1. The molecule has 1 amide bonds. The summed E-state index contributed by atoms with van der Waals surface area (Å²) in [5.74, 6) is 0.456. The van der Waals surface area contributed by atoms with Gasteiger partial charge in [-0.15, -0.1) is 11.3 Å². The second kappa shape index (κ2) is 7.59. The Bertz CT molecular complexity index is 1120. The quantitative estimate of drug-likeness (QED) is 0.504. The fraction of sp³-hybridized carbons (Fsp3) is 0.286. The molecule has 0 unspecified atom stereocenters. The fourth-order valence-corrected chi connectivity index (χ4v) is 4.26. The Morgan fingerprint density at radius 2 is 1.93 bits per heavy atom. The molecule has 0 saturated heterocycles. The Morgan fingerprint density at radius 1 is 1.14 bits per heavy atom. The molecule has 0 atom stereocenters. The van der Waals surface area contributed by atoms with Crippen LogP contribution in [0.4, 0.5) is 5.82 Å². The molecule has 0 radical (unpaired) electrons. The molecule has 6 nitrogen and oxygen atoms in total. The maximum atomic E-state index is 12.8.